The number of hydrogen-bond donors (Lipinski definition) is 1. The van der Waals surface area contributed by atoms with Gasteiger partial charge in [-0.25, -0.2) is 0 Å². The van der Waals surface area contributed by atoms with Crippen LogP contribution >= 0.6 is 23.4 Å². The molecule has 0 bridgehead atoms. The number of nitrogens with two attached hydrogens (primary N) is 1. The molecule has 0 atom stereocenters. The highest BCUT2D eigenvalue weighted by Gasteiger charge is 2.03. The van der Waals surface area contributed by atoms with Gasteiger partial charge in [-0.3, -0.25) is 0 Å². The van der Waals surface area contributed by atoms with Crippen LogP contribution in [0.4, 0.5) is 0 Å². The first kappa shape index (κ1) is 13.7. The fraction of sp³-hybridized carbons (Fsp3) is 0.500. The monoisotopic (exact) mass is 259 g/mol. The van der Waals surface area contributed by atoms with E-state index in [1.807, 2.05) is 30.0 Å². The van der Waals surface area contributed by atoms with Gasteiger partial charge in [-0.1, -0.05) is 18.5 Å². The van der Waals surface area contributed by atoms with E-state index in [1.165, 1.54) is 0 Å². The Labute approximate surface area is 107 Å². The summed E-state index contributed by atoms with van der Waals surface area (Å²) < 4.78 is 5.71. The van der Waals surface area contributed by atoms with Crippen LogP contribution in [0.15, 0.2) is 18.2 Å². The zero-order valence-electron chi connectivity index (χ0n) is 9.54. The van der Waals surface area contributed by atoms with Crippen LogP contribution in [0.3, 0.4) is 0 Å². The molecule has 0 radical (unpaired) electrons. The fourth-order valence-corrected chi connectivity index (χ4v) is 2.08. The van der Waals surface area contributed by atoms with Crippen LogP contribution in [0, 0.1) is 0 Å². The summed E-state index contributed by atoms with van der Waals surface area (Å²) in [5.41, 5.74) is 6.65. The molecule has 0 amide bonds. The van der Waals surface area contributed by atoms with E-state index in [0.29, 0.717) is 6.54 Å². The summed E-state index contributed by atoms with van der Waals surface area (Å²) >= 11 is 7.81. The van der Waals surface area contributed by atoms with Gasteiger partial charge in [0.15, 0.2) is 0 Å². The minimum atomic E-state index is 0.612. The summed E-state index contributed by atoms with van der Waals surface area (Å²) in [5, 5.41) is 0.735. The third-order valence-corrected chi connectivity index (χ3v) is 3.22. The van der Waals surface area contributed by atoms with Crippen LogP contribution in [-0.2, 0) is 6.42 Å². The maximum Gasteiger partial charge on any atom is 0.122 e. The molecular weight excluding hydrogens is 242 g/mol. The summed E-state index contributed by atoms with van der Waals surface area (Å²) in [4.78, 5) is 0. The highest BCUT2D eigenvalue weighted by Crippen LogP contribution is 2.23. The minimum absolute atomic E-state index is 0.612. The van der Waals surface area contributed by atoms with E-state index in [1.54, 1.807) is 0 Å². The van der Waals surface area contributed by atoms with Crippen molar-refractivity contribution >= 4 is 23.4 Å². The molecule has 0 aliphatic heterocycles. The number of rotatable bonds is 7. The lowest BCUT2D eigenvalue weighted by Gasteiger charge is -2.11. The van der Waals surface area contributed by atoms with Crippen molar-refractivity contribution in [1.29, 1.82) is 0 Å². The van der Waals surface area contributed by atoms with Crippen molar-refractivity contribution in [1.82, 2.24) is 0 Å². The lowest BCUT2D eigenvalue weighted by atomic mass is 10.1. The molecule has 2 nitrogen and oxygen atoms in total. The van der Waals surface area contributed by atoms with E-state index in [0.717, 1.165) is 40.9 Å². The highest BCUT2D eigenvalue weighted by atomic mass is 35.5. The van der Waals surface area contributed by atoms with Crippen molar-refractivity contribution in [3.63, 3.8) is 0 Å². The second-order valence-electron chi connectivity index (χ2n) is 3.34. The van der Waals surface area contributed by atoms with Gasteiger partial charge in [0.25, 0.3) is 0 Å². The molecule has 0 saturated carbocycles. The number of hydrogen-bond acceptors (Lipinski definition) is 3. The lowest BCUT2D eigenvalue weighted by molar-refractivity contribution is 0.340. The van der Waals surface area contributed by atoms with Crippen molar-refractivity contribution < 1.29 is 4.74 Å². The Bertz CT molecular complexity index is 320. The lowest BCUT2D eigenvalue weighted by Crippen LogP contribution is -2.07. The van der Waals surface area contributed by atoms with Crippen LogP contribution in [0.5, 0.6) is 5.75 Å². The first-order valence-corrected chi connectivity index (χ1v) is 7.00. The summed E-state index contributed by atoms with van der Waals surface area (Å²) in [6, 6.07) is 5.70. The molecule has 1 rings (SSSR count). The Kier molecular flexibility index (Phi) is 6.69. The van der Waals surface area contributed by atoms with Crippen LogP contribution in [-0.4, -0.2) is 24.7 Å². The maximum absolute atomic E-state index is 5.94. The van der Waals surface area contributed by atoms with Crippen LogP contribution in [0.2, 0.25) is 5.02 Å². The van der Waals surface area contributed by atoms with Gasteiger partial charge in [-0.15, -0.1) is 0 Å². The quantitative estimate of drug-likeness (QED) is 0.765. The van der Waals surface area contributed by atoms with Gasteiger partial charge in [0.05, 0.1) is 6.61 Å². The Hall–Kier alpha value is -0.380. The van der Waals surface area contributed by atoms with E-state index in [4.69, 9.17) is 22.1 Å². The molecule has 0 aliphatic rings. The largest absolute Gasteiger partial charge is 0.492 e. The molecule has 0 saturated heterocycles. The molecular formula is C12H18ClNOS. The normalized spacial score (nSPS) is 10.4. The molecule has 1 aromatic rings. The highest BCUT2D eigenvalue weighted by molar-refractivity contribution is 7.99. The average Bonchev–Trinajstić information content (AvgIpc) is 2.27. The number of benzene rings is 1. The molecule has 4 heteroatoms. The standard InChI is InChI=1S/C12H18ClNOS/c1-2-16-8-7-15-12-4-3-11(13)9-10(12)5-6-14/h3-4,9H,2,5-8,14H2,1H3. The van der Waals surface area contributed by atoms with Crippen LogP contribution in [0.25, 0.3) is 0 Å². The Morgan fingerprint density at radius 3 is 2.94 bits per heavy atom. The minimum Gasteiger partial charge on any atom is -0.492 e. The number of ether oxygens (including phenoxy) is 1. The van der Waals surface area contributed by atoms with Crippen molar-refractivity contribution in [2.45, 2.75) is 13.3 Å². The molecule has 0 aromatic heterocycles. The van der Waals surface area contributed by atoms with Crippen molar-refractivity contribution in [2.24, 2.45) is 5.73 Å². The predicted octanol–water partition coefficient (Wildman–Crippen LogP) is 2.97. The zero-order chi connectivity index (χ0) is 11.8. The predicted molar refractivity (Wildman–Crippen MR) is 72.7 cm³/mol. The van der Waals surface area contributed by atoms with E-state index in [9.17, 15) is 0 Å². The fourth-order valence-electron chi connectivity index (χ4n) is 1.39. The Balaban J connectivity index is 2.56. The first-order valence-electron chi connectivity index (χ1n) is 5.47. The van der Waals surface area contributed by atoms with Crippen LogP contribution < -0.4 is 10.5 Å². The van der Waals surface area contributed by atoms with Crippen molar-refractivity contribution in [2.75, 3.05) is 24.7 Å². The molecule has 0 heterocycles. The summed E-state index contributed by atoms with van der Waals surface area (Å²) in [6.07, 6.45) is 0.802. The smallest absolute Gasteiger partial charge is 0.122 e. The third kappa shape index (κ3) is 4.64. The third-order valence-electron chi connectivity index (χ3n) is 2.13. The Morgan fingerprint density at radius 1 is 1.44 bits per heavy atom. The van der Waals surface area contributed by atoms with Gasteiger partial charge >= 0.3 is 0 Å². The molecule has 0 spiro atoms. The second-order valence-corrected chi connectivity index (χ2v) is 5.17. The van der Waals surface area contributed by atoms with Crippen molar-refractivity contribution in [3.05, 3.63) is 28.8 Å². The van der Waals surface area contributed by atoms with E-state index in [2.05, 4.69) is 6.92 Å². The SMILES string of the molecule is CCSCCOc1ccc(Cl)cc1CCN. The summed E-state index contributed by atoms with van der Waals surface area (Å²) in [6.45, 7) is 3.49. The van der Waals surface area contributed by atoms with Gasteiger partial charge in [-0.2, -0.15) is 11.8 Å². The Morgan fingerprint density at radius 2 is 2.25 bits per heavy atom. The molecule has 0 aliphatic carbocycles. The first-order chi connectivity index (χ1) is 7.77. The number of halogens is 1. The van der Waals surface area contributed by atoms with E-state index >= 15 is 0 Å². The molecule has 0 unspecified atom stereocenters. The number of thioether (sulfide) groups is 1. The topological polar surface area (TPSA) is 35.2 Å². The molecule has 0 fully saturated rings. The zero-order valence-corrected chi connectivity index (χ0v) is 11.1. The van der Waals surface area contributed by atoms with E-state index < -0.39 is 0 Å². The van der Waals surface area contributed by atoms with Crippen molar-refractivity contribution in [3.8, 4) is 5.75 Å². The summed E-state index contributed by atoms with van der Waals surface area (Å²) in [5.74, 6) is 3.05. The second kappa shape index (κ2) is 7.82. The molecule has 2 N–H and O–H groups in total. The molecule has 90 valence electrons. The van der Waals surface area contributed by atoms with Gasteiger partial charge in [-0.05, 0) is 42.5 Å². The van der Waals surface area contributed by atoms with Gasteiger partial charge < -0.3 is 10.5 Å². The van der Waals surface area contributed by atoms with Gasteiger partial charge in [0, 0.05) is 10.8 Å². The van der Waals surface area contributed by atoms with Gasteiger partial charge in [0.2, 0.25) is 0 Å². The van der Waals surface area contributed by atoms with Gasteiger partial charge in [0.1, 0.15) is 5.75 Å². The van der Waals surface area contributed by atoms with E-state index in [-0.39, 0.29) is 0 Å². The maximum atomic E-state index is 5.94. The average molecular weight is 260 g/mol. The molecule has 16 heavy (non-hydrogen) atoms. The summed E-state index contributed by atoms with van der Waals surface area (Å²) in [7, 11) is 0. The van der Waals surface area contributed by atoms with Crippen LogP contribution in [0.1, 0.15) is 12.5 Å². The molecule has 1 aromatic carbocycles.